The molecule has 2 aromatic heterocycles. The smallest absolute Gasteiger partial charge is 0.253 e. The van der Waals surface area contributed by atoms with Crippen LogP contribution in [0.1, 0.15) is 71.9 Å². The largest absolute Gasteiger partial charge is 0.352 e. The van der Waals surface area contributed by atoms with Gasteiger partial charge in [-0.3, -0.25) is 9.59 Å². The number of fused-ring (bicyclic) bond motifs is 1. The molecule has 0 radical (unpaired) electrons. The zero-order valence-electron chi connectivity index (χ0n) is 18.2. The third-order valence-corrected chi connectivity index (χ3v) is 5.55. The molecule has 0 unspecified atom stereocenters. The van der Waals surface area contributed by atoms with Gasteiger partial charge in [0.25, 0.3) is 11.8 Å². The van der Waals surface area contributed by atoms with E-state index in [9.17, 15) is 9.59 Å². The molecule has 3 N–H and O–H groups in total. The number of hydrogen-bond donors (Lipinski definition) is 3. The van der Waals surface area contributed by atoms with Crippen LogP contribution in [-0.2, 0) is 0 Å². The summed E-state index contributed by atoms with van der Waals surface area (Å²) in [5, 5.41) is 13.6. The highest BCUT2D eigenvalue weighted by molar-refractivity contribution is 5.99. The van der Waals surface area contributed by atoms with E-state index in [1.54, 1.807) is 10.7 Å². The van der Waals surface area contributed by atoms with E-state index in [1.807, 2.05) is 32.0 Å². The molecule has 0 saturated heterocycles. The molecule has 8 heteroatoms. The summed E-state index contributed by atoms with van der Waals surface area (Å²) in [6.07, 6.45) is 7.23. The molecule has 170 valence electrons. The van der Waals surface area contributed by atoms with Crippen LogP contribution in [0.25, 0.3) is 5.52 Å². The second-order valence-corrected chi connectivity index (χ2v) is 8.08. The van der Waals surface area contributed by atoms with Crippen LogP contribution >= 0.6 is 0 Å². The van der Waals surface area contributed by atoms with E-state index >= 15 is 0 Å². The number of aryl methyl sites for hydroxylation is 2. The lowest BCUT2D eigenvalue weighted by atomic mass is 10.1. The Kier molecular flexibility index (Phi) is 7.12. The normalized spacial score (nSPS) is 12.8. The molecule has 2 heterocycles. The predicted molar refractivity (Wildman–Crippen MR) is 127 cm³/mol. The zero-order valence-corrected chi connectivity index (χ0v) is 18.2. The second-order valence-electron chi connectivity index (χ2n) is 8.08. The third kappa shape index (κ3) is 4.90. The number of anilines is 2. The van der Waals surface area contributed by atoms with E-state index in [0.29, 0.717) is 29.5 Å². The minimum atomic E-state index is -0.114. The summed E-state index contributed by atoms with van der Waals surface area (Å²) in [5.41, 5.74) is 4.50. The highest BCUT2D eigenvalue weighted by atomic mass is 16.2. The number of unbranched alkanes of at least 4 members (excludes halogenated alkanes) is 1. The summed E-state index contributed by atoms with van der Waals surface area (Å²) in [7, 11) is 0. The molecule has 3 aromatic rings. The SMILES string of the molecule is C.CCCCNC(=O)c1cn2ncnc(Nc3cc(C(=O)NC4CC4)ccc3C)c2c1C. The van der Waals surface area contributed by atoms with E-state index < -0.39 is 0 Å². The molecule has 1 saturated carbocycles. The number of carbonyl (C=O) groups excluding carboxylic acids is 2. The van der Waals surface area contributed by atoms with Crippen molar-refractivity contribution in [2.24, 2.45) is 0 Å². The van der Waals surface area contributed by atoms with Crippen LogP contribution in [-0.4, -0.2) is 39.0 Å². The van der Waals surface area contributed by atoms with Crippen LogP contribution in [0.2, 0.25) is 0 Å². The van der Waals surface area contributed by atoms with Crippen LogP contribution in [0.3, 0.4) is 0 Å². The molecular formula is C24H32N6O2. The van der Waals surface area contributed by atoms with Crippen molar-refractivity contribution in [1.29, 1.82) is 0 Å². The van der Waals surface area contributed by atoms with Crippen molar-refractivity contribution >= 4 is 28.8 Å². The summed E-state index contributed by atoms with van der Waals surface area (Å²) in [4.78, 5) is 29.5. The van der Waals surface area contributed by atoms with Gasteiger partial charge in [-0.1, -0.05) is 26.8 Å². The molecule has 0 aliphatic heterocycles. The Morgan fingerprint density at radius 2 is 1.97 bits per heavy atom. The Balaban J connectivity index is 0.00000289. The van der Waals surface area contributed by atoms with Gasteiger partial charge in [0, 0.05) is 30.0 Å². The summed E-state index contributed by atoms with van der Waals surface area (Å²) < 4.78 is 1.67. The summed E-state index contributed by atoms with van der Waals surface area (Å²) >= 11 is 0. The molecule has 2 amide bonds. The van der Waals surface area contributed by atoms with Crippen LogP contribution < -0.4 is 16.0 Å². The Labute approximate surface area is 188 Å². The molecule has 1 aliphatic rings. The molecule has 0 bridgehead atoms. The molecule has 0 spiro atoms. The number of amides is 2. The topological polar surface area (TPSA) is 100 Å². The zero-order chi connectivity index (χ0) is 22.0. The Morgan fingerprint density at radius 3 is 2.69 bits per heavy atom. The lowest BCUT2D eigenvalue weighted by Crippen LogP contribution is -2.25. The maximum atomic E-state index is 12.6. The first kappa shape index (κ1) is 23.2. The minimum Gasteiger partial charge on any atom is -0.352 e. The summed E-state index contributed by atoms with van der Waals surface area (Å²) in [5.74, 6) is 0.406. The van der Waals surface area contributed by atoms with Gasteiger partial charge in [-0.05, 0) is 56.4 Å². The van der Waals surface area contributed by atoms with E-state index in [0.717, 1.165) is 48.0 Å². The molecule has 1 fully saturated rings. The van der Waals surface area contributed by atoms with Crippen LogP contribution in [0, 0.1) is 13.8 Å². The number of rotatable bonds is 8. The van der Waals surface area contributed by atoms with Crippen molar-refractivity contribution in [1.82, 2.24) is 25.2 Å². The van der Waals surface area contributed by atoms with Gasteiger partial charge < -0.3 is 16.0 Å². The van der Waals surface area contributed by atoms with Crippen molar-refractivity contribution in [3.63, 3.8) is 0 Å². The van der Waals surface area contributed by atoms with E-state index in [4.69, 9.17) is 0 Å². The first-order valence-electron chi connectivity index (χ1n) is 10.8. The average molecular weight is 437 g/mol. The number of hydrogen-bond acceptors (Lipinski definition) is 5. The molecule has 1 aromatic carbocycles. The van der Waals surface area contributed by atoms with Crippen LogP contribution in [0.5, 0.6) is 0 Å². The molecule has 4 rings (SSSR count). The highest BCUT2D eigenvalue weighted by Crippen LogP contribution is 2.28. The maximum Gasteiger partial charge on any atom is 0.253 e. The van der Waals surface area contributed by atoms with Crippen molar-refractivity contribution in [3.8, 4) is 0 Å². The van der Waals surface area contributed by atoms with Gasteiger partial charge in [-0.15, -0.1) is 0 Å². The van der Waals surface area contributed by atoms with Crippen LogP contribution in [0.15, 0.2) is 30.7 Å². The quantitative estimate of drug-likeness (QED) is 0.461. The Hall–Kier alpha value is -3.42. The van der Waals surface area contributed by atoms with Crippen LogP contribution in [0.4, 0.5) is 11.5 Å². The van der Waals surface area contributed by atoms with Crippen molar-refractivity contribution in [2.45, 2.75) is 59.9 Å². The lowest BCUT2D eigenvalue weighted by molar-refractivity contribution is 0.0943. The van der Waals surface area contributed by atoms with Crippen molar-refractivity contribution in [3.05, 3.63) is 53.0 Å². The van der Waals surface area contributed by atoms with E-state index in [1.165, 1.54) is 6.33 Å². The van der Waals surface area contributed by atoms with Crippen molar-refractivity contribution in [2.75, 3.05) is 11.9 Å². The van der Waals surface area contributed by atoms with E-state index in [2.05, 4.69) is 33.0 Å². The molecule has 32 heavy (non-hydrogen) atoms. The standard InChI is InChI=1S/C23H28N6O2.CH4/c1-4-5-10-24-23(31)18-12-29-20(15(18)3)21(25-13-26-29)28-19-11-16(7-6-14(19)2)22(30)27-17-8-9-17;/h6-7,11-13,17H,4-5,8-10H2,1-3H3,(H,24,31)(H,27,30)(H,25,26,28);1H4. The van der Waals surface area contributed by atoms with Gasteiger partial charge in [0.15, 0.2) is 5.82 Å². The molecule has 8 nitrogen and oxygen atoms in total. The van der Waals surface area contributed by atoms with Gasteiger partial charge in [0.1, 0.15) is 11.8 Å². The Bertz CT molecular complexity index is 1130. The fourth-order valence-electron chi connectivity index (χ4n) is 3.48. The Morgan fingerprint density at radius 1 is 1.19 bits per heavy atom. The first-order chi connectivity index (χ1) is 15.0. The molecular weight excluding hydrogens is 404 g/mol. The van der Waals surface area contributed by atoms with Crippen molar-refractivity contribution < 1.29 is 9.59 Å². The van der Waals surface area contributed by atoms with Gasteiger partial charge in [-0.2, -0.15) is 5.10 Å². The van der Waals surface area contributed by atoms with Gasteiger partial charge >= 0.3 is 0 Å². The predicted octanol–water partition coefficient (Wildman–Crippen LogP) is 4.15. The second kappa shape index (κ2) is 9.80. The third-order valence-electron chi connectivity index (χ3n) is 5.55. The van der Waals surface area contributed by atoms with E-state index in [-0.39, 0.29) is 19.2 Å². The maximum absolute atomic E-state index is 12.6. The lowest BCUT2D eigenvalue weighted by Gasteiger charge is -2.12. The fraction of sp³-hybridized carbons (Fsp3) is 0.417. The number of carbonyl (C=O) groups is 2. The summed E-state index contributed by atoms with van der Waals surface area (Å²) in [6.45, 7) is 6.60. The number of aromatic nitrogens is 3. The number of nitrogens with one attached hydrogen (secondary N) is 3. The average Bonchev–Trinajstić information content (AvgIpc) is 3.50. The molecule has 0 atom stereocenters. The number of nitrogens with zero attached hydrogens (tertiary/aromatic N) is 3. The van der Waals surface area contributed by atoms with Gasteiger partial charge in [0.05, 0.1) is 5.56 Å². The minimum absolute atomic E-state index is 0. The fourth-order valence-corrected chi connectivity index (χ4v) is 3.48. The number of benzene rings is 1. The van der Waals surface area contributed by atoms with Gasteiger partial charge in [-0.25, -0.2) is 9.50 Å². The highest BCUT2D eigenvalue weighted by Gasteiger charge is 2.24. The summed E-state index contributed by atoms with van der Waals surface area (Å²) in [6, 6.07) is 5.88. The molecule has 1 aliphatic carbocycles. The first-order valence-corrected chi connectivity index (χ1v) is 10.8. The monoisotopic (exact) mass is 436 g/mol. The van der Waals surface area contributed by atoms with Gasteiger partial charge in [0.2, 0.25) is 0 Å².